The predicted octanol–water partition coefficient (Wildman–Crippen LogP) is 6.12. The highest BCUT2D eigenvalue weighted by Gasteiger charge is 2.34. The van der Waals surface area contributed by atoms with Crippen LogP contribution in [-0.2, 0) is 6.18 Å². The second kappa shape index (κ2) is 12.7. The molecule has 0 spiro atoms. The van der Waals surface area contributed by atoms with E-state index in [9.17, 15) is 22.8 Å². The van der Waals surface area contributed by atoms with Crippen LogP contribution in [-0.4, -0.2) is 44.3 Å². The molecule has 3 N–H and O–H groups in total. The number of thiazole rings is 1. The van der Waals surface area contributed by atoms with E-state index in [0.29, 0.717) is 35.8 Å². The van der Waals surface area contributed by atoms with Gasteiger partial charge in [0.15, 0.2) is 5.69 Å². The number of hydrogen-bond acceptors (Lipinski definition) is 9. The molecule has 1 aliphatic carbocycles. The molecule has 0 bridgehead atoms. The molecule has 0 aliphatic heterocycles. The van der Waals surface area contributed by atoms with E-state index in [1.807, 2.05) is 0 Å². The number of aromatic nitrogens is 5. The van der Waals surface area contributed by atoms with Crippen molar-refractivity contribution in [2.75, 3.05) is 18.5 Å². The van der Waals surface area contributed by atoms with Crippen molar-refractivity contribution in [3.8, 4) is 39.0 Å². The van der Waals surface area contributed by atoms with Gasteiger partial charge in [-0.15, -0.1) is 16.4 Å². The highest BCUT2D eigenvalue weighted by molar-refractivity contribution is 7.13. The molecule has 0 atom stereocenters. The van der Waals surface area contributed by atoms with Gasteiger partial charge < -0.3 is 14.5 Å². The number of amides is 2. The van der Waals surface area contributed by atoms with Crippen LogP contribution >= 0.6 is 11.3 Å². The van der Waals surface area contributed by atoms with Crippen molar-refractivity contribution in [3.63, 3.8) is 0 Å². The molecule has 4 aromatic rings. The summed E-state index contributed by atoms with van der Waals surface area (Å²) in [6.45, 7) is 2.48. The number of hydrogen-bond donors (Lipinski definition) is 3. The predicted molar refractivity (Wildman–Crippen MR) is 149 cm³/mol. The summed E-state index contributed by atoms with van der Waals surface area (Å²) in [5.41, 5.74) is 0.257. The highest BCUT2D eigenvalue weighted by Crippen LogP contribution is 2.41. The lowest BCUT2D eigenvalue weighted by Crippen LogP contribution is -2.28. The molecule has 1 saturated carbocycles. The number of H-pyrrole nitrogens is 1. The van der Waals surface area contributed by atoms with Crippen molar-refractivity contribution >= 4 is 23.2 Å². The van der Waals surface area contributed by atoms with Crippen molar-refractivity contribution in [2.24, 2.45) is 5.92 Å². The highest BCUT2D eigenvalue weighted by atomic mass is 32.1. The van der Waals surface area contributed by atoms with Crippen LogP contribution in [0.5, 0.6) is 5.88 Å². The molecule has 1 aliphatic rings. The van der Waals surface area contributed by atoms with E-state index in [0.717, 1.165) is 29.6 Å². The Morgan fingerprint density at radius 1 is 1.17 bits per heavy atom. The quantitative estimate of drug-likeness (QED) is 0.184. The molecule has 11 nitrogen and oxygen atoms in total. The summed E-state index contributed by atoms with van der Waals surface area (Å²) in [6.07, 6.45) is 4.94. The first-order chi connectivity index (χ1) is 20.2. The van der Waals surface area contributed by atoms with Gasteiger partial charge in [0.25, 0.3) is 5.89 Å². The topological polar surface area (TPSA) is 148 Å². The van der Waals surface area contributed by atoms with Crippen LogP contribution in [0.2, 0.25) is 0 Å². The molecule has 2 amide bonds. The number of nitrogens with one attached hydrogen (secondary N) is 3. The third-order valence-electron chi connectivity index (χ3n) is 6.80. The van der Waals surface area contributed by atoms with Gasteiger partial charge >= 0.3 is 18.0 Å². The lowest BCUT2D eigenvalue weighted by atomic mass is 10.0. The molecule has 4 heterocycles. The number of rotatable bonds is 10. The number of aromatic amines is 1. The van der Waals surface area contributed by atoms with E-state index in [-0.39, 0.29) is 28.2 Å². The number of ether oxygens (including phenoxy) is 1. The van der Waals surface area contributed by atoms with Gasteiger partial charge in [-0.2, -0.15) is 13.2 Å². The zero-order valence-electron chi connectivity index (χ0n) is 22.6. The summed E-state index contributed by atoms with van der Waals surface area (Å²) in [4.78, 5) is 36.3. The lowest BCUT2D eigenvalue weighted by Gasteiger charge is -2.15. The Hall–Kier alpha value is -4.27. The minimum Gasteiger partial charge on any atom is -0.477 e. The third kappa shape index (κ3) is 6.95. The van der Waals surface area contributed by atoms with Gasteiger partial charge in [0, 0.05) is 41.0 Å². The molecule has 5 rings (SSSR count). The van der Waals surface area contributed by atoms with Crippen LogP contribution in [0.25, 0.3) is 33.2 Å². The number of carbonyl (C=O) groups is 1. The smallest absolute Gasteiger partial charge is 0.434 e. The van der Waals surface area contributed by atoms with Crippen LogP contribution in [0.15, 0.2) is 39.1 Å². The molecule has 0 radical (unpaired) electrons. The standard InChI is InChI=1S/C27H28F3N7O4S/c1-2-31-25(38)35-21-11-18(24-34-20(14-42-24)27(28,29)30)19(13-32-21)17-10-16(22-36-37-26(39)41-22)12-33-23(17)40-9-5-8-15-6-3-4-7-15/h10-15H,2-9H2,1H3,(H,37,39)(H2,31,32,35,38). The van der Waals surface area contributed by atoms with E-state index in [1.165, 1.54) is 44.1 Å². The fourth-order valence-electron chi connectivity index (χ4n) is 4.83. The SMILES string of the molecule is CCNC(=O)Nc1cc(-c2nc(C(F)(F)F)cs2)c(-c2cc(-c3n[nH]c(=O)o3)cnc2OCCCC2CCCC2)cn1. The van der Waals surface area contributed by atoms with Crippen molar-refractivity contribution < 1.29 is 27.1 Å². The average Bonchev–Trinajstić information content (AvgIpc) is 3.74. The summed E-state index contributed by atoms with van der Waals surface area (Å²) in [7, 11) is 0. The van der Waals surface area contributed by atoms with Crippen molar-refractivity contribution in [2.45, 2.75) is 51.6 Å². The molecule has 0 unspecified atom stereocenters. The third-order valence-corrected chi connectivity index (χ3v) is 7.68. The van der Waals surface area contributed by atoms with E-state index < -0.39 is 23.7 Å². The van der Waals surface area contributed by atoms with Crippen LogP contribution in [0.1, 0.15) is 51.1 Å². The van der Waals surface area contributed by atoms with E-state index >= 15 is 0 Å². The Labute approximate surface area is 242 Å². The van der Waals surface area contributed by atoms with E-state index in [2.05, 4.69) is 35.8 Å². The van der Waals surface area contributed by atoms with Crippen LogP contribution in [0, 0.1) is 5.92 Å². The molecular formula is C27H28F3N7O4S. The average molecular weight is 604 g/mol. The van der Waals surface area contributed by atoms with Crippen molar-refractivity contribution in [1.29, 1.82) is 0 Å². The number of halogens is 3. The number of nitrogens with zero attached hydrogens (tertiary/aromatic N) is 4. The summed E-state index contributed by atoms with van der Waals surface area (Å²) in [6, 6.07) is 2.52. The van der Waals surface area contributed by atoms with Gasteiger partial charge in [0.2, 0.25) is 5.88 Å². The van der Waals surface area contributed by atoms with E-state index in [1.54, 1.807) is 13.0 Å². The van der Waals surface area contributed by atoms with Crippen LogP contribution in [0.4, 0.5) is 23.8 Å². The molecule has 4 aromatic heterocycles. The largest absolute Gasteiger partial charge is 0.477 e. The Balaban J connectivity index is 1.56. The number of pyridine rings is 2. The van der Waals surface area contributed by atoms with Gasteiger partial charge in [-0.05, 0) is 37.8 Å². The second-order valence-electron chi connectivity index (χ2n) is 9.77. The molecule has 222 valence electrons. The Morgan fingerprint density at radius 2 is 1.98 bits per heavy atom. The first-order valence-electron chi connectivity index (χ1n) is 13.5. The fraction of sp³-hybridized carbons (Fsp3) is 0.407. The fourth-order valence-corrected chi connectivity index (χ4v) is 5.69. The second-order valence-corrected chi connectivity index (χ2v) is 10.6. The Kier molecular flexibility index (Phi) is 8.85. The molecule has 15 heteroatoms. The summed E-state index contributed by atoms with van der Waals surface area (Å²) in [5, 5.41) is 12.2. The van der Waals surface area contributed by atoms with Crippen LogP contribution in [0.3, 0.4) is 0 Å². The van der Waals surface area contributed by atoms with Crippen molar-refractivity contribution in [3.05, 3.63) is 46.2 Å². The maximum Gasteiger partial charge on any atom is 0.434 e. The van der Waals surface area contributed by atoms with Crippen LogP contribution < -0.4 is 21.1 Å². The molecular weight excluding hydrogens is 575 g/mol. The first-order valence-corrected chi connectivity index (χ1v) is 14.4. The number of carbonyl (C=O) groups excluding carboxylic acids is 1. The number of alkyl halides is 3. The Bertz CT molecular complexity index is 1590. The summed E-state index contributed by atoms with van der Waals surface area (Å²) < 4.78 is 51.6. The van der Waals surface area contributed by atoms with Gasteiger partial charge in [-0.3, -0.25) is 5.32 Å². The molecule has 0 saturated heterocycles. The number of urea groups is 1. The van der Waals surface area contributed by atoms with Crippen molar-refractivity contribution in [1.82, 2.24) is 30.5 Å². The summed E-state index contributed by atoms with van der Waals surface area (Å²) >= 11 is 0.796. The van der Waals surface area contributed by atoms with Gasteiger partial charge in [0.05, 0.1) is 12.2 Å². The lowest BCUT2D eigenvalue weighted by molar-refractivity contribution is -0.140. The zero-order valence-corrected chi connectivity index (χ0v) is 23.4. The normalized spacial score (nSPS) is 13.8. The maximum atomic E-state index is 13.5. The number of anilines is 1. The molecule has 0 aromatic carbocycles. The first kappa shape index (κ1) is 29.2. The Morgan fingerprint density at radius 3 is 2.67 bits per heavy atom. The minimum atomic E-state index is -4.64. The monoisotopic (exact) mass is 603 g/mol. The van der Waals surface area contributed by atoms with E-state index in [4.69, 9.17) is 9.15 Å². The van der Waals surface area contributed by atoms with Gasteiger partial charge in [-0.1, -0.05) is 25.7 Å². The minimum absolute atomic E-state index is 0.0285. The molecule has 42 heavy (non-hydrogen) atoms. The zero-order chi connectivity index (χ0) is 29.7. The molecule has 1 fully saturated rings. The van der Waals surface area contributed by atoms with Gasteiger partial charge in [0.1, 0.15) is 10.8 Å². The maximum absolute atomic E-state index is 13.5. The summed E-state index contributed by atoms with van der Waals surface area (Å²) in [5.74, 6) is 0.205. The van der Waals surface area contributed by atoms with Gasteiger partial charge in [-0.25, -0.2) is 29.6 Å².